The number of aryl methyl sites for hydroxylation is 1. The van der Waals surface area contributed by atoms with Crippen LogP contribution < -0.4 is 16.6 Å². The largest absolute Gasteiger partial charge is 0.332 e. The fourth-order valence-electron chi connectivity index (χ4n) is 2.64. The van der Waals surface area contributed by atoms with Crippen LogP contribution in [0.5, 0.6) is 0 Å². The van der Waals surface area contributed by atoms with Gasteiger partial charge in [-0.15, -0.1) is 0 Å². The highest BCUT2D eigenvalue weighted by Crippen LogP contribution is 2.21. The summed E-state index contributed by atoms with van der Waals surface area (Å²) in [6.45, 7) is 1.40. The van der Waals surface area contributed by atoms with Crippen LogP contribution in [0.25, 0.3) is 11.2 Å². The number of amides is 1. The number of nitrogens with zero attached hydrogens (tertiary/aromatic N) is 4. The number of benzene rings is 1. The zero-order valence-corrected chi connectivity index (χ0v) is 14.5. The summed E-state index contributed by atoms with van der Waals surface area (Å²) in [5.41, 5.74) is -1.73. The number of anilines is 1. The first-order valence-electron chi connectivity index (χ1n) is 7.72. The molecule has 0 radical (unpaired) electrons. The Morgan fingerprint density at radius 3 is 2.44 bits per heavy atom. The number of rotatable bonds is 3. The number of imidazole rings is 1. The van der Waals surface area contributed by atoms with Gasteiger partial charge in [0.2, 0.25) is 5.91 Å². The van der Waals surface area contributed by atoms with Gasteiger partial charge in [0, 0.05) is 14.1 Å². The van der Waals surface area contributed by atoms with E-state index in [-0.39, 0.29) is 11.2 Å². The molecule has 142 valence electrons. The van der Waals surface area contributed by atoms with Crippen molar-refractivity contribution in [2.45, 2.75) is 13.0 Å². The number of halogens is 3. The van der Waals surface area contributed by atoms with Gasteiger partial charge in [-0.1, -0.05) is 0 Å². The molecule has 3 rings (SSSR count). The molecular weight excluding hydrogens is 367 g/mol. The molecule has 2 heterocycles. The molecular formula is C16H14F3N5O3. The second-order valence-electron chi connectivity index (χ2n) is 5.92. The number of fused-ring (bicyclic) bond motifs is 1. The molecule has 1 aromatic carbocycles. The zero-order valence-electron chi connectivity index (χ0n) is 14.5. The van der Waals surface area contributed by atoms with E-state index in [1.165, 1.54) is 31.9 Å². The fourth-order valence-corrected chi connectivity index (χ4v) is 2.64. The van der Waals surface area contributed by atoms with E-state index in [2.05, 4.69) is 10.3 Å². The van der Waals surface area contributed by atoms with Crippen LogP contribution in [0.15, 0.2) is 28.0 Å². The van der Waals surface area contributed by atoms with Crippen LogP contribution in [-0.4, -0.2) is 24.6 Å². The third-order valence-electron chi connectivity index (χ3n) is 4.26. The Bertz CT molecular complexity index is 1190. The lowest BCUT2D eigenvalue weighted by Gasteiger charge is -2.15. The van der Waals surface area contributed by atoms with Gasteiger partial charge < -0.3 is 9.88 Å². The third-order valence-corrected chi connectivity index (χ3v) is 4.26. The molecule has 0 spiro atoms. The monoisotopic (exact) mass is 381 g/mol. The van der Waals surface area contributed by atoms with Crippen LogP contribution in [0.2, 0.25) is 0 Å². The normalized spacial score (nSPS) is 12.4. The van der Waals surface area contributed by atoms with E-state index in [0.717, 1.165) is 15.2 Å². The van der Waals surface area contributed by atoms with Crippen molar-refractivity contribution in [2.75, 3.05) is 5.32 Å². The SMILES string of the molecule is CC(C(=O)Nc1ccc(F)c(F)c1F)n1cnc2c1c(=O)n(C)c(=O)n2C. The van der Waals surface area contributed by atoms with Gasteiger partial charge in [-0.3, -0.25) is 18.7 Å². The van der Waals surface area contributed by atoms with Gasteiger partial charge in [0.15, 0.2) is 28.6 Å². The quantitative estimate of drug-likeness (QED) is 0.687. The van der Waals surface area contributed by atoms with Crippen LogP contribution in [-0.2, 0) is 18.9 Å². The van der Waals surface area contributed by atoms with Crippen molar-refractivity contribution in [1.29, 1.82) is 0 Å². The van der Waals surface area contributed by atoms with E-state index < -0.39 is 46.3 Å². The molecule has 11 heteroatoms. The molecule has 3 aromatic rings. The van der Waals surface area contributed by atoms with E-state index in [4.69, 9.17) is 0 Å². The van der Waals surface area contributed by atoms with Gasteiger partial charge in [-0.05, 0) is 19.1 Å². The maximum absolute atomic E-state index is 13.8. The van der Waals surface area contributed by atoms with Crippen molar-refractivity contribution in [1.82, 2.24) is 18.7 Å². The highest BCUT2D eigenvalue weighted by Gasteiger charge is 2.23. The Morgan fingerprint density at radius 1 is 1.11 bits per heavy atom. The Labute approximate surface area is 149 Å². The van der Waals surface area contributed by atoms with Crippen molar-refractivity contribution in [3.63, 3.8) is 0 Å². The van der Waals surface area contributed by atoms with Crippen molar-refractivity contribution >= 4 is 22.8 Å². The summed E-state index contributed by atoms with van der Waals surface area (Å²) in [6, 6.07) is 0.497. The number of carbonyl (C=O) groups is 1. The minimum Gasteiger partial charge on any atom is -0.322 e. The molecule has 8 nitrogen and oxygen atoms in total. The van der Waals surface area contributed by atoms with Gasteiger partial charge in [-0.25, -0.2) is 22.9 Å². The lowest BCUT2D eigenvalue weighted by molar-refractivity contribution is -0.118. The molecule has 0 saturated heterocycles. The van der Waals surface area contributed by atoms with Gasteiger partial charge in [0.05, 0.1) is 12.0 Å². The molecule has 1 atom stereocenters. The van der Waals surface area contributed by atoms with Gasteiger partial charge in [-0.2, -0.15) is 0 Å². The first kappa shape index (κ1) is 18.4. The first-order valence-corrected chi connectivity index (χ1v) is 7.72. The summed E-state index contributed by atoms with van der Waals surface area (Å²) in [4.78, 5) is 40.8. The van der Waals surface area contributed by atoms with E-state index in [9.17, 15) is 27.6 Å². The van der Waals surface area contributed by atoms with Crippen LogP contribution in [0, 0.1) is 17.5 Å². The summed E-state index contributed by atoms with van der Waals surface area (Å²) in [6.07, 6.45) is 1.19. The highest BCUT2D eigenvalue weighted by molar-refractivity contribution is 5.94. The second kappa shape index (κ2) is 6.41. The zero-order chi connectivity index (χ0) is 20.0. The molecule has 0 bridgehead atoms. The molecule has 0 saturated carbocycles. The maximum atomic E-state index is 13.8. The number of nitrogens with one attached hydrogen (secondary N) is 1. The van der Waals surface area contributed by atoms with Crippen molar-refractivity contribution in [3.05, 3.63) is 56.7 Å². The average Bonchev–Trinajstić information content (AvgIpc) is 3.09. The summed E-state index contributed by atoms with van der Waals surface area (Å²) < 4.78 is 43.3. The van der Waals surface area contributed by atoms with Crippen LogP contribution >= 0.6 is 0 Å². The minimum absolute atomic E-state index is 0.00647. The lowest BCUT2D eigenvalue weighted by Crippen LogP contribution is -2.38. The van der Waals surface area contributed by atoms with Gasteiger partial charge in [0.25, 0.3) is 5.56 Å². The molecule has 0 aliphatic rings. The summed E-state index contributed by atoms with van der Waals surface area (Å²) in [5.74, 6) is -5.43. The van der Waals surface area contributed by atoms with E-state index in [0.29, 0.717) is 6.07 Å². The Kier molecular flexibility index (Phi) is 4.38. The van der Waals surface area contributed by atoms with Gasteiger partial charge in [0.1, 0.15) is 6.04 Å². The standard InChI is InChI=1S/C16H14F3N5O3/c1-7(14(25)21-9-5-4-8(17)10(18)11(9)19)24-6-20-13-12(24)15(26)23(3)16(27)22(13)2/h4-7H,1-3H3,(H,21,25). The second-order valence-corrected chi connectivity index (χ2v) is 5.92. The first-order chi connectivity index (χ1) is 12.6. The molecule has 2 aromatic heterocycles. The summed E-state index contributed by atoms with van der Waals surface area (Å²) in [5, 5.41) is 2.14. The molecule has 1 amide bonds. The van der Waals surface area contributed by atoms with Gasteiger partial charge >= 0.3 is 5.69 Å². The summed E-state index contributed by atoms with van der Waals surface area (Å²) in [7, 11) is 2.70. The van der Waals surface area contributed by atoms with Crippen LogP contribution in [0.3, 0.4) is 0 Å². The van der Waals surface area contributed by atoms with Crippen molar-refractivity contribution in [2.24, 2.45) is 14.1 Å². The van der Waals surface area contributed by atoms with E-state index in [1.54, 1.807) is 0 Å². The highest BCUT2D eigenvalue weighted by atomic mass is 19.2. The topological polar surface area (TPSA) is 90.9 Å². The molecule has 27 heavy (non-hydrogen) atoms. The predicted molar refractivity (Wildman–Crippen MR) is 89.9 cm³/mol. The van der Waals surface area contributed by atoms with E-state index in [1.807, 2.05) is 0 Å². The van der Waals surface area contributed by atoms with Crippen LogP contribution in [0.4, 0.5) is 18.9 Å². The Hall–Kier alpha value is -3.37. The van der Waals surface area contributed by atoms with E-state index >= 15 is 0 Å². The molecule has 0 aliphatic carbocycles. The molecule has 1 unspecified atom stereocenters. The molecule has 0 fully saturated rings. The number of hydrogen-bond acceptors (Lipinski definition) is 4. The molecule has 1 N–H and O–H groups in total. The van der Waals surface area contributed by atoms with Crippen LogP contribution in [0.1, 0.15) is 13.0 Å². The number of aromatic nitrogens is 4. The predicted octanol–water partition coefficient (Wildman–Crippen LogP) is 1.05. The number of hydrogen-bond donors (Lipinski definition) is 1. The van der Waals surface area contributed by atoms with Crippen molar-refractivity contribution in [3.8, 4) is 0 Å². The lowest BCUT2D eigenvalue weighted by atomic mass is 10.2. The molecule has 0 aliphatic heterocycles. The Balaban J connectivity index is 2.03. The van der Waals surface area contributed by atoms with Crippen molar-refractivity contribution < 1.29 is 18.0 Å². The third kappa shape index (κ3) is 2.80. The smallest absolute Gasteiger partial charge is 0.322 e. The average molecular weight is 381 g/mol. The number of carbonyl (C=O) groups excluding carboxylic acids is 1. The summed E-state index contributed by atoms with van der Waals surface area (Å²) >= 11 is 0. The Morgan fingerprint density at radius 2 is 1.78 bits per heavy atom. The maximum Gasteiger partial charge on any atom is 0.332 e. The fraction of sp³-hybridized carbons (Fsp3) is 0.250. The minimum atomic E-state index is -1.71.